The second-order valence-electron chi connectivity index (χ2n) is 34.3. The minimum absolute atomic E-state index is 0.0676. The lowest BCUT2D eigenvalue weighted by molar-refractivity contribution is -0.152. The number of methoxy groups -OCH3 is 4. The van der Waals surface area contributed by atoms with Gasteiger partial charge in [0.05, 0.1) is 147 Å². The van der Waals surface area contributed by atoms with Crippen LogP contribution in [0.1, 0.15) is 147 Å². The molecule has 16 saturated heterocycles. The Morgan fingerprint density at radius 3 is 0.655 bits per heavy atom. The van der Waals surface area contributed by atoms with Crippen LogP contribution in [-0.2, 0) is 127 Å². The van der Waals surface area contributed by atoms with Gasteiger partial charge in [-0.25, -0.2) is 0 Å². The summed E-state index contributed by atoms with van der Waals surface area (Å²) >= 11 is 0. The third-order valence-electron chi connectivity index (χ3n) is 29.2. The summed E-state index contributed by atoms with van der Waals surface area (Å²) in [7, 11) is 5.31. The van der Waals surface area contributed by atoms with Crippen molar-refractivity contribution in [2.45, 2.75) is 248 Å². The number of halogens is 12. The van der Waals surface area contributed by atoms with E-state index in [1.165, 1.54) is 77.0 Å². The predicted octanol–water partition coefficient (Wildman–Crippen LogP) is 11.8. The fourth-order valence-electron chi connectivity index (χ4n) is 24.7. The van der Waals surface area contributed by atoms with E-state index < -0.39 is 141 Å². The normalized spacial score (nSPS) is 37.7. The number of hydrogen-bond acceptors (Lipinski definition) is 16. The largest absolute Gasteiger partial charge is 0.469 e. The van der Waals surface area contributed by atoms with Crippen LogP contribution in [0, 0.1) is 47.3 Å². The molecule has 0 saturated carbocycles. The Morgan fingerprint density at radius 1 is 0.310 bits per heavy atom. The molecule has 16 aliphatic heterocycles. The molecule has 8 bridgehead atoms. The Balaban J connectivity index is 0.000000111. The molecular weight excluding hydrogens is 1550 g/mol. The van der Waals surface area contributed by atoms with E-state index in [1.54, 1.807) is 0 Å². The topological polar surface area (TPSA) is 223 Å². The van der Waals surface area contributed by atoms with Crippen molar-refractivity contribution in [2.24, 2.45) is 47.3 Å². The average Bonchev–Trinajstić information content (AvgIpc) is 1.54. The summed E-state index contributed by atoms with van der Waals surface area (Å²) in [4.78, 5) is 110. The van der Waals surface area contributed by atoms with Crippen LogP contribution in [0.4, 0.5) is 52.7 Å². The lowest BCUT2D eigenvalue weighted by Crippen LogP contribution is -2.45. The molecule has 0 unspecified atom stereocenters. The van der Waals surface area contributed by atoms with Crippen molar-refractivity contribution in [2.75, 3.05) is 28.4 Å². The van der Waals surface area contributed by atoms with E-state index in [9.17, 15) is 91.0 Å². The first-order valence-corrected chi connectivity index (χ1v) is 40.0. The van der Waals surface area contributed by atoms with Gasteiger partial charge in [0.15, 0.2) is 0 Å². The molecule has 16 aliphatic rings. The molecule has 4 aromatic rings. The maximum Gasteiger partial charge on any atom is 0.416 e. The van der Waals surface area contributed by atoms with Gasteiger partial charge in [-0.3, -0.25) is 38.4 Å². The second kappa shape index (κ2) is 28.7. The van der Waals surface area contributed by atoms with Crippen LogP contribution in [0.15, 0.2) is 97.1 Å². The van der Waals surface area contributed by atoms with Crippen LogP contribution in [0.5, 0.6) is 0 Å². The van der Waals surface area contributed by atoms with Crippen LogP contribution in [-0.4, -0.2) is 191 Å². The van der Waals surface area contributed by atoms with Crippen LogP contribution in [0.25, 0.3) is 0 Å². The van der Waals surface area contributed by atoms with E-state index in [0.717, 1.165) is 174 Å². The van der Waals surface area contributed by atoms with E-state index in [-0.39, 0.29) is 96.4 Å². The molecule has 624 valence electrons. The highest BCUT2D eigenvalue weighted by Gasteiger charge is 2.79. The summed E-state index contributed by atoms with van der Waals surface area (Å²) in [6, 6.07) is 19.9. The van der Waals surface area contributed by atoms with Gasteiger partial charge in [0.25, 0.3) is 0 Å². The Kier molecular flexibility index (Phi) is 19.8. The van der Waals surface area contributed by atoms with Crippen molar-refractivity contribution in [3.05, 3.63) is 142 Å². The molecule has 4 spiro atoms. The number of nitrogens with zero attached hydrogens (tertiary/aromatic N) is 4. The Labute approximate surface area is 659 Å². The number of amides is 4. The highest BCUT2D eigenvalue weighted by Crippen LogP contribution is 2.66. The molecular formula is C84H88F12N4O16. The SMILES string of the molecule is COC(=O)[C@H]1[C@@H]2CC[C@@]3(O2)[C@H]1C(=O)N1[C@H](Cc2ccc(C(F)(F)F)cc2)CC[C@@H]13.COC(=O)[C@H]1[C@@H]2CC[C@@]3(O2)[C@H]1C(=O)N1[C@H](Cc2ccc(C(F)(F)F)cc2)CC[C@@H]13.COC(=O)[C@H]1[C@@H]2CC[C@@]3(O2)[C@H]1C(=O)N1[C@H](Cc2ccc(C(F)(F)F)cc2)CC[C@@H]13.COC(=O)[C@H]1[C@H]2C(=O)N3[C@@H](Cc4ccc(C(F)(F)F)cc4)CC[C@H]3[C@]23CC[C@H]1O3. The van der Waals surface area contributed by atoms with Gasteiger partial charge in [0.1, 0.15) is 22.4 Å². The number of benzene rings is 4. The number of esters is 4. The summed E-state index contributed by atoms with van der Waals surface area (Å²) in [5, 5.41) is 0. The van der Waals surface area contributed by atoms with Crippen LogP contribution in [0.3, 0.4) is 0 Å². The minimum atomic E-state index is -4.36. The fourth-order valence-corrected chi connectivity index (χ4v) is 24.7. The standard InChI is InChI=1S/4C21H22F3NO4/c4*1-28-19(27)16-14-8-9-20(29-14)15-7-6-13(25(15)18(26)17(16)20)10-11-2-4-12(5-3-11)21(22,23)24/h4*2-5,13-17H,6-10H2,1H3/t4*13-,14-,15+,16-,17+,20-/m1000/s1. The maximum atomic E-state index is 13.4. The van der Waals surface area contributed by atoms with E-state index in [4.69, 9.17) is 37.9 Å². The molecule has 0 aromatic heterocycles. The molecule has 24 atom stereocenters. The zero-order chi connectivity index (χ0) is 82.2. The van der Waals surface area contributed by atoms with Gasteiger partial charge in [-0.1, -0.05) is 48.5 Å². The number of alkyl halides is 12. The average molecular weight is 1640 g/mol. The molecule has 20 nitrogen and oxygen atoms in total. The smallest absolute Gasteiger partial charge is 0.416 e. The molecule has 116 heavy (non-hydrogen) atoms. The molecule has 4 aromatic carbocycles. The summed E-state index contributed by atoms with van der Waals surface area (Å²) in [5.74, 6) is -6.09. The van der Waals surface area contributed by atoms with E-state index >= 15 is 0 Å². The molecule has 4 amide bonds. The van der Waals surface area contributed by atoms with Crippen molar-refractivity contribution in [3.63, 3.8) is 0 Å². The Bertz CT molecular complexity index is 3980. The van der Waals surface area contributed by atoms with Crippen molar-refractivity contribution < 1.29 is 129 Å². The molecule has 0 radical (unpaired) electrons. The van der Waals surface area contributed by atoms with Crippen molar-refractivity contribution in [1.29, 1.82) is 0 Å². The summed E-state index contributed by atoms with van der Waals surface area (Å²) in [6.45, 7) is 0. The zero-order valence-electron chi connectivity index (χ0n) is 63.8. The minimum Gasteiger partial charge on any atom is -0.469 e. The van der Waals surface area contributed by atoms with Crippen LogP contribution >= 0.6 is 0 Å². The Hall–Kier alpha value is -8.36. The van der Waals surface area contributed by atoms with E-state index in [2.05, 4.69) is 0 Å². The van der Waals surface area contributed by atoms with Gasteiger partial charge >= 0.3 is 48.6 Å². The third-order valence-corrected chi connectivity index (χ3v) is 29.2. The van der Waals surface area contributed by atoms with Gasteiger partial charge in [-0.15, -0.1) is 0 Å². The first-order chi connectivity index (χ1) is 55.0. The molecule has 0 N–H and O–H groups in total. The number of ether oxygens (including phenoxy) is 8. The van der Waals surface area contributed by atoms with Crippen molar-refractivity contribution in [1.82, 2.24) is 19.6 Å². The molecule has 16 heterocycles. The first-order valence-electron chi connectivity index (χ1n) is 40.0. The summed E-state index contributed by atoms with van der Waals surface area (Å²) in [6.07, 6.45) is -4.20. The third kappa shape index (κ3) is 12.5. The second-order valence-corrected chi connectivity index (χ2v) is 34.3. The quantitative estimate of drug-likeness (QED) is 0.0730. The summed E-state index contributed by atoms with van der Waals surface area (Å²) < 4.78 is 198. The van der Waals surface area contributed by atoms with Crippen molar-refractivity contribution in [3.8, 4) is 0 Å². The van der Waals surface area contributed by atoms with Gasteiger partial charge < -0.3 is 57.5 Å². The monoisotopic (exact) mass is 1640 g/mol. The van der Waals surface area contributed by atoms with Gasteiger partial charge in [0, 0.05) is 24.2 Å². The number of carbonyl (C=O) groups excluding carboxylic acids is 8. The number of hydrogen-bond donors (Lipinski definition) is 0. The lowest BCUT2D eigenvalue weighted by Gasteiger charge is -2.31. The molecule has 0 aliphatic carbocycles. The highest BCUT2D eigenvalue weighted by atomic mass is 19.4. The van der Waals surface area contributed by atoms with Crippen LogP contribution in [0.2, 0.25) is 0 Å². The molecule has 20 rings (SSSR count). The van der Waals surface area contributed by atoms with Gasteiger partial charge in [0.2, 0.25) is 23.6 Å². The number of rotatable bonds is 12. The molecule has 32 heteroatoms. The highest BCUT2D eigenvalue weighted by molar-refractivity contribution is 5.94. The number of carbonyl (C=O) groups is 8. The lowest BCUT2D eigenvalue weighted by atomic mass is 9.70. The fraction of sp³-hybridized carbons (Fsp3) is 0.619. The molecule has 16 fully saturated rings. The maximum absolute atomic E-state index is 13.4. The van der Waals surface area contributed by atoms with Crippen molar-refractivity contribution >= 4 is 47.5 Å². The number of fused-ring (bicyclic) bond motifs is 8. The zero-order valence-corrected chi connectivity index (χ0v) is 63.8. The predicted molar refractivity (Wildman–Crippen MR) is 379 cm³/mol. The van der Waals surface area contributed by atoms with E-state index in [0.29, 0.717) is 25.7 Å². The van der Waals surface area contributed by atoms with Gasteiger partial charge in [-0.2, -0.15) is 52.7 Å². The van der Waals surface area contributed by atoms with E-state index in [1.807, 2.05) is 19.6 Å². The summed E-state index contributed by atoms with van der Waals surface area (Å²) in [5.41, 5.74) is -2.12. The van der Waals surface area contributed by atoms with Gasteiger partial charge in [-0.05, 0) is 199 Å². The Morgan fingerprint density at radius 2 is 0.491 bits per heavy atom. The van der Waals surface area contributed by atoms with Crippen LogP contribution < -0.4 is 0 Å². The first kappa shape index (κ1) is 80.1.